The van der Waals surface area contributed by atoms with E-state index in [1.54, 1.807) is 20.0 Å². The van der Waals surface area contributed by atoms with Gasteiger partial charge in [0, 0.05) is 0 Å². The van der Waals surface area contributed by atoms with E-state index in [9.17, 15) is 0 Å². The molecule has 0 heterocycles. The van der Waals surface area contributed by atoms with E-state index in [1.165, 1.54) is 0 Å². The highest BCUT2D eigenvalue weighted by atomic mass is 15.4. The Hall–Kier alpha value is -5.64. The van der Waals surface area contributed by atoms with Crippen molar-refractivity contribution in [1.29, 1.82) is 0 Å². The molecule has 242 valence electrons. The number of nitrogens with two attached hydrogens (primary N) is 4. The molecule has 0 aromatic heterocycles. The predicted molar refractivity (Wildman–Crippen MR) is 202 cm³/mol. The summed E-state index contributed by atoms with van der Waals surface area (Å²) < 4.78 is 0. The van der Waals surface area contributed by atoms with Gasteiger partial charge in [0.2, 0.25) is 0 Å². The topological polar surface area (TPSA) is 117 Å². The highest BCUT2D eigenvalue weighted by Gasteiger charge is 2.17. The predicted octanol–water partition coefficient (Wildman–Crippen LogP) is 8.63. The maximum Gasteiger partial charge on any atom is 0.0602 e. The molecule has 8 nitrogen and oxygen atoms in total. The Labute approximate surface area is 282 Å². The van der Waals surface area contributed by atoms with Crippen molar-refractivity contribution in [2.75, 3.05) is 20.0 Å². The second-order valence-electron chi connectivity index (χ2n) is 12.3. The van der Waals surface area contributed by atoms with Crippen LogP contribution in [0.3, 0.4) is 0 Å². The van der Waals surface area contributed by atoms with Crippen molar-refractivity contribution >= 4 is 45.5 Å². The summed E-state index contributed by atoms with van der Waals surface area (Å²) in [5, 5.41) is 6.68. The van der Waals surface area contributed by atoms with Crippen LogP contribution in [0, 0.1) is 27.7 Å². The maximum absolute atomic E-state index is 6.79. The Balaban J connectivity index is 1.52. The van der Waals surface area contributed by atoms with E-state index in [0.29, 0.717) is 0 Å². The molecule has 0 fully saturated rings. The fourth-order valence-electron chi connectivity index (χ4n) is 5.50. The van der Waals surface area contributed by atoms with Crippen LogP contribution in [0.25, 0.3) is 11.1 Å². The molecule has 0 saturated heterocycles. The number of anilines is 8. The molecule has 6 rings (SSSR count). The second kappa shape index (κ2) is 13.6. The lowest BCUT2D eigenvalue weighted by Gasteiger charge is -2.27. The van der Waals surface area contributed by atoms with Crippen LogP contribution in [0.15, 0.2) is 133 Å². The number of aryl methyl sites for hydroxylation is 4. The van der Waals surface area contributed by atoms with Crippen molar-refractivity contribution in [1.82, 2.24) is 0 Å². The van der Waals surface area contributed by atoms with E-state index < -0.39 is 0 Å². The lowest BCUT2D eigenvalue weighted by molar-refractivity contribution is 1.06. The van der Waals surface area contributed by atoms with Crippen LogP contribution in [0.2, 0.25) is 0 Å². The Morgan fingerprint density at radius 3 is 0.646 bits per heavy atom. The van der Waals surface area contributed by atoms with Gasteiger partial charge < -0.3 is 0 Å². The van der Waals surface area contributed by atoms with E-state index in [-0.39, 0.29) is 0 Å². The third-order valence-electron chi connectivity index (χ3n) is 8.50. The quantitative estimate of drug-likeness (QED) is 0.0922. The first-order valence-electron chi connectivity index (χ1n) is 15.8. The van der Waals surface area contributed by atoms with E-state index in [4.69, 9.17) is 23.4 Å². The molecule has 0 radical (unpaired) electrons. The first kappa shape index (κ1) is 32.3. The minimum absolute atomic E-state index is 0.757. The van der Waals surface area contributed by atoms with Gasteiger partial charge in [-0.1, -0.05) is 70.8 Å². The molecule has 0 unspecified atom stereocenters. The highest BCUT2D eigenvalue weighted by Crippen LogP contribution is 2.39. The maximum atomic E-state index is 6.79. The van der Waals surface area contributed by atoms with Crippen LogP contribution in [-0.2, 0) is 0 Å². The first-order valence-corrected chi connectivity index (χ1v) is 15.8. The minimum atomic E-state index is 0.757. The molecular formula is C40H42N8. The van der Waals surface area contributed by atoms with Crippen LogP contribution in [0.4, 0.5) is 45.5 Å². The standard InChI is InChI=1S/C40H42N8/c1-27-5-13-33(14-6-27)45(41)37-21-31(22-38(25-37)46(42)34-15-7-28(2)8-16-34)32-23-39(47(43)35-17-9-29(3)10-18-35)26-40(24-32)48(44)36-19-11-30(4)12-20-36/h5-26H,41-44H2,1-4H3. The summed E-state index contributed by atoms with van der Waals surface area (Å²) in [6.45, 7) is 8.21. The van der Waals surface area contributed by atoms with Gasteiger partial charge in [-0.3, -0.25) is 20.0 Å². The van der Waals surface area contributed by atoms with Gasteiger partial charge in [0.25, 0.3) is 0 Å². The fourth-order valence-corrected chi connectivity index (χ4v) is 5.50. The van der Waals surface area contributed by atoms with Crippen molar-refractivity contribution in [2.24, 2.45) is 23.4 Å². The van der Waals surface area contributed by atoms with Crippen LogP contribution >= 0.6 is 0 Å². The third-order valence-corrected chi connectivity index (χ3v) is 8.50. The number of hydrogen-bond donors (Lipinski definition) is 4. The van der Waals surface area contributed by atoms with Gasteiger partial charge >= 0.3 is 0 Å². The summed E-state index contributed by atoms with van der Waals surface area (Å²) in [6.07, 6.45) is 0. The first-order chi connectivity index (χ1) is 23.0. The number of benzene rings is 6. The van der Waals surface area contributed by atoms with Crippen molar-refractivity contribution in [3.8, 4) is 11.1 Å². The van der Waals surface area contributed by atoms with Crippen molar-refractivity contribution < 1.29 is 0 Å². The summed E-state index contributed by atoms with van der Waals surface area (Å²) in [7, 11) is 0. The summed E-state index contributed by atoms with van der Waals surface area (Å²) in [6, 6.07) is 44.5. The van der Waals surface area contributed by atoms with E-state index in [1.807, 2.05) is 109 Å². The fraction of sp³-hybridized carbons (Fsp3) is 0.100. The summed E-state index contributed by atoms with van der Waals surface area (Å²) in [5.74, 6) is 27.2. The van der Waals surface area contributed by atoms with E-state index >= 15 is 0 Å². The van der Waals surface area contributed by atoms with Gasteiger partial charge in [0.15, 0.2) is 0 Å². The Morgan fingerprint density at radius 2 is 0.458 bits per heavy atom. The smallest absolute Gasteiger partial charge is 0.0602 e. The molecule has 0 bridgehead atoms. The number of nitrogens with zero attached hydrogens (tertiary/aromatic N) is 4. The third kappa shape index (κ3) is 7.02. The Morgan fingerprint density at radius 1 is 0.271 bits per heavy atom. The molecule has 8 N–H and O–H groups in total. The molecule has 0 aliphatic heterocycles. The zero-order valence-electron chi connectivity index (χ0n) is 27.8. The van der Waals surface area contributed by atoms with Crippen LogP contribution in [-0.4, -0.2) is 0 Å². The van der Waals surface area contributed by atoms with Gasteiger partial charge in [0.1, 0.15) is 0 Å². The van der Waals surface area contributed by atoms with Gasteiger partial charge in [-0.05, 0) is 124 Å². The second-order valence-corrected chi connectivity index (χ2v) is 12.3. The zero-order chi connectivity index (χ0) is 33.9. The van der Waals surface area contributed by atoms with Gasteiger partial charge in [-0.2, -0.15) is 0 Å². The van der Waals surface area contributed by atoms with E-state index in [2.05, 4.69) is 52.0 Å². The molecule has 48 heavy (non-hydrogen) atoms. The number of rotatable bonds is 9. The van der Waals surface area contributed by atoms with Crippen LogP contribution < -0.4 is 43.4 Å². The normalized spacial score (nSPS) is 10.9. The average Bonchev–Trinajstić information content (AvgIpc) is 3.11. The summed E-state index contributed by atoms with van der Waals surface area (Å²) in [4.78, 5) is 0. The Kier molecular flexibility index (Phi) is 9.16. The molecule has 0 atom stereocenters. The molecule has 0 saturated carbocycles. The van der Waals surface area contributed by atoms with Gasteiger partial charge in [-0.15, -0.1) is 0 Å². The van der Waals surface area contributed by atoms with Gasteiger partial charge in [0.05, 0.1) is 45.5 Å². The van der Waals surface area contributed by atoms with Crippen molar-refractivity contribution in [2.45, 2.75) is 27.7 Å². The molecule has 0 aliphatic carbocycles. The average molecular weight is 635 g/mol. The van der Waals surface area contributed by atoms with Crippen LogP contribution in [0.1, 0.15) is 22.3 Å². The molecular weight excluding hydrogens is 592 g/mol. The molecule has 6 aromatic rings. The van der Waals surface area contributed by atoms with Gasteiger partial charge in [-0.25, -0.2) is 23.4 Å². The van der Waals surface area contributed by atoms with E-state index in [0.717, 1.165) is 78.9 Å². The number of hydrazine groups is 4. The molecule has 0 spiro atoms. The molecule has 6 aromatic carbocycles. The van der Waals surface area contributed by atoms with Crippen LogP contribution in [0.5, 0.6) is 0 Å². The molecule has 8 heteroatoms. The molecule has 0 aliphatic rings. The lowest BCUT2D eigenvalue weighted by Crippen LogP contribution is -2.28. The Bertz CT molecular complexity index is 1720. The lowest BCUT2D eigenvalue weighted by atomic mass is 10.0. The summed E-state index contributed by atoms with van der Waals surface area (Å²) in [5.41, 5.74) is 12.8. The monoisotopic (exact) mass is 634 g/mol. The van der Waals surface area contributed by atoms with Crippen molar-refractivity contribution in [3.63, 3.8) is 0 Å². The summed E-state index contributed by atoms with van der Waals surface area (Å²) >= 11 is 0. The SMILES string of the molecule is Cc1ccc(N(N)c2cc(-c3cc(N(N)c4ccc(C)cc4)cc(N(N)c4ccc(C)cc4)c3)cc(N(N)c3ccc(C)cc3)c2)cc1. The minimum Gasteiger partial charge on any atom is -0.280 e. The number of hydrogen-bond acceptors (Lipinski definition) is 8. The molecule has 0 amide bonds. The zero-order valence-corrected chi connectivity index (χ0v) is 27.8. The van der Waals surface area contributed by atoms with Crippen molar-refractivity contribution in [3.05, 3.63) is 156 Å². The highest BCUT2D eigenvalue weighted by molar-refractivity contribution is 5.84. The largest absolute Gasteiger partial charge is 0.280 e.